The molecular weight excluding hydrogens is 174 g/mol. The van der Waals surface area contributed by atoms with Gasteiger partial charge in [-0.1, -0.05) is 6.92 Å². The van der Waals surface area contributed by atoms with Gasteiger partial charge in [-0.25, -0.2) is 0 Å². The quantitative estimate of drug-likeness (QED) is 0.587. The minimum Gasteiger partial charge on any atom is -0.333 e. The van der Waals surface area contributed by atoms with Crippen molar-refractivity contribution in [3.63, 3.8) is 0 Å². The van der Waals surface area contributed by atoms with Gasteiger partial charge >= 0.3 is 0 Å². The van der Waals surface area contributed by atoms with Gasteiger partial charge in [0.2, 0.25) is 5.91 Å². The molecule has 5 heteroatoms. The van der Waals surface area contributed by atoms with Crippen molar-refractivity contribution >= 4 is 23.2 Å². The summed E-state index contributed by atoms with van der Waals surface area (Å²) in [5.41, 5.74) is 5.72. The SMILES string of the molecule is CCCN1C(=S)NC(=O)CC1N. The van der Waals surface area contributed by atoms with Gasteiger partial charge in [0.15, 0.2) is 5.11 Å². The average Bonchev–Trinajstić information content (AvgIpc) is 1.96. The molecule has 1 heterocycles. The van der Waals surface area contributed by atoms with Gasteiger partial charge in [0.25, 0.3) is 0 Å². The molecule has 12 heavy (non-hydrogen) atoms. The molecule has 1 unspecified atom stereocenters. The standard InChI is InChI=1S/C7H13N3OS/c1-2-3-10-5(8)4-6(11)9-7(10)12/h5H,2-4,8H2,1H3,(H,9,11,12). The first-order valence-electron chi connectivity index (χ1n) is 4.01. The first-order chi connectivity index (χ1) is 5.65. The molecule has 0 bridgehead atoms. The van der Waals surface area contributed by atoms with Crippen molar-refractivity contribution in [1.29, 1.82) is 0 Å². The Morgan fingerprint density at radius 1 is 1.83 bits per heavy atom. The van der Waals surface area contributed by atoms with Gasteiger partial charge in [0, 0.05) is 6.54 Å². The smallest absolute Gasteiger partial charge is 0.229 e. The van der Waals surface area contributed by atoms with E-state index in [0.29, 0.717) is 11.5 Å². The molecule has 1 aliphatic rings. The average molecular weight is 187 g/mol. The number of nitrogens with one attached hydrogen (secondary N) is 1. The normalized spacial score (nSPS) is 24.2. The number of carbonyl (C=O) groups is 1. The zero-order valence-corrected chi connectivity index (χ0v) is 7.86. The monoisotopic (exact) mass is 187 g/mol. The fraction of sp³-hybridized carbons (Fsp3) is 0.714. The van der Waals surface area contributed by atoms with Gasteiger partial charge < -0.3 is 16.0 Å². The van der Waals surface area contributed by atoms with Crippen molar-refractivity contribution in [3.05, 3.63) is 0 Å². The second kappa shape index (κ2) is 3.82. The molecule has 1 atom stereocenters. The van der Waals surface area contributed by atoms with E-state index in [2.05, 4.69) is 5.32 Å². The molecule has 1 saturated heterocycles. The van der Waals surface area contributed by atoms with Crippen LogP contribution in [-0.2, 0) is 4.79 Å². The Kier molecular flexibility index (Phi) is 2.99. The van der Waals surface area contributed by atoms with Crippen LogP contribution in [0.15, 0.2) is 0 Å². The highest BCUT2D eigenvalue weighted by molar-refractivity contribution is 7.80. The molecule has 1 amide bonds. The second-order valence-corrected chi connectivity index (χ2v) is 3.20. The van der Waals surface area contributed by atoms with Gasteiger partial charge in [-0.05, 0) is 18.6 Å². The highest BCUT2D eigenvalue weighted by Crippen LogP contribution is 2.06. The van der Waals surface area contributed by atoms with Crippen LogP contribution in [-0.4, -0.2) is 28.6 Å². The summed E-state index contributed by atoms with van der Waals surface area (Å²) in [5, 5.41) is 3.04. The van der Waals surface area contributed by atoms with Gasteiger partial charge in [-0.3, -0.25) is 4.79 Å². The molecule has 0 aromatic carbocycles. The predicted molar refractivity (Wildman–Crippen MR) is 50.3 cm³/mol. The van der Waals surface area contributed by atoms with E-state index >= 15 is 0 Å². The Bertz CT molecular complexity index is 207. The number of thiocarbonyl (C=S) groups is 1. The summed E-state index contributed by atoms with van der Waals surface area (Å²) in [6.45, 7) is 2.85. The minimum absolute atomic E-state index is 0.0835. The Balaban J connectivity index is 2.60. The molecule has 3 N–H and O–H groups in total. The van der Waals surface area contributed by atoms with Crippen LogP contribution >= 0.6 is 12.2 Å². The molecule has 1 aliphatic heterocycles. The zero-order chi connectivity index (χ0) is 9.14. The van der Waals surface area contributed by atoms with Crippen LogP contribution in [0.25, 0.3) is 0 Å². The van der Waals surface area contributed by atoms with Crippen molar-refractivity contribution in [2.24, 2.45) is 5.73 Å². The first kappa shape index (κ1) is 9.41. The largest absolute Gasteiger partial charge is 0.333 e. The Hall–Kier alpha value is -0.680. The molecule has 4 nitrogen and oxygen atoms in total. The van der Waals surface area contributed by atoms with Gasteiger partial charge in [-0.2, -0.15) is 0 Å². The van der Waals surface area contributed by atoms with E-state index in [1.54, 1.807) is 0 Å². The van der Waals surface area contributed by atoms with Gasteiger partial charge in [0.05, 0.1) is 12.6 Å². The first-order valence-corrected chi connectivity index (χ1v) is 4.42. The highest BCUT2D eigenvalue weighted by atomic mass is 32.1. The summed E-state index contributed by atoms with van der Waals surface area (Å²) in [6, 6.07) is 0. The molecule has 1 rings (SSSR count). The van der Waals surface area contributed by atoms with Crippen molar-refractivity contribution in [1.82, 2.24) is 10.2 Å². The summed E-state index contributed by atoms with van der Waals surface area (Å²) in [5.74, 6) is -0.0835. The van der Waals surface area contributed by atoms with E-state index in [4.69, 9.17) is 18.0 Å². The molecule has 0 spiro atoms. The lowest BCUT2D eigenvalue weighted by molar-refractivity contribution is -0.121. The molecular formula is C7H13N3OS. The molecule has 1 fully saturated rings. The minimum atomic E-state index is -0.244. The second-order valence-electron chi connectivity index (χ2n) is 2.82. The van der Waals surface area contributed by atoms with E-state index in [9.17, 15) is 4.79 Å². The van der Waals surface area contributed by atoms with Crippen LogP contribution in [0.1, 0.15) is 19.8 Å². The summed E-state index contributed by atoms with van der Waals surface area (Å²) >= 11 is 4.96. The van der Waals surface area contributed by atoms with Crippen LogP contribution in [0.4, 0.5) is 0 Å². The summed E-state index contributed by atoms with van der Waals surface area (Å²) in [4.78, 5) is 12.8. The Labute approximate surface area is 77.1 Å². The third kappa shape index (κ3) is 1.92. The van der Waals surface area contributed by atoms with E-state index in [0.717, 1.165) is 13.0 Å². The van der Waals surface area contributed by atoms with Crippen LogP contribution < -0.4 is 11.1 Å². The number of amides is 1. The van der Waals surface area contributed by atoms with Crippen LogP contribution in [0, 0.1) is 0 Å². The number of rotatable bonds is 2. The lowest BCUT2D eigenvalue weighted by atomic mass is 10.2. The maximum absolute atomic E-state index is 10.9. The van der Waals surface area contributed by atoms with Crippen molar-refractivity contribution in [3.8, 4) is 0 Å². The topological polar surface area (TPSA) is 58.4 Å². The molecule has 0 aliphatic carbocycles. The third-order valence-electron chi connectivity index (χ3n) is 1.77. The molecule has 0 aromatic rings. The third-order valence-corrected chi connectivity index (χ3v) is 2.10. The van der Waals surface area contributed by atoms with E-state index in [1.807, 2.05) is 11.8 Å². The maximum atomic E-state index is 10.9. The summed E-state index contributed by atoms with van der Waals surface area (Å²) < 4.78 is 0. The van der Waals surface area contributed by atoms with Gasteiger partial charge in [0.1, 0.15) is 0 Å². The van der Waals surface area contributed by atoms with Crippen LogP contribution in [0.5, 0.6) is 0 Å². The van der Waals surface area contributed by atoms with E-state index in [-0.39, 0.29) is 12.1 Å². The number of hydrogen-bond acceptors (Lipinski definition) is 3. The lowest BCUT2D eigenvalue weighted by Crippen LogP contribution is -2.58. The molecule has 0 saturated carbocycles. The van der Waals surface area contributed by atoms with Crippen LogP contribution in [0.3, 0.4) is 0 Å². The number of hydrogen-bond donors (Lipinski definition) is 2. The Morgan fingerprint density at radius 3 is 3.00 bits per heavy atom. The molecule has 0 aromatic heterocycles. The zero-order valence-electron chi connectivity index (χ0n) is 7.04. The van der Waals surface area contributed by atoms with Crippen LogP contribution in [0.2, 0.25) is 0 Å². The molecule has 68 valence electrons. The number of nitrogens with zero attached hydrogens (tertiary/aromatic N) is 1. The van der Waals surface area contributed by atoms with Crippen molar-refractivity contribution in [2.45, 2.75) is 25.9 Å². The van der Waals surface area contributed by atoms with E-state index in [1.165, 1.54) is 0 Å². The van der Waals surface area contributed by atoms with Gasteiger partial charge in [-0.15, -0.1) is 0 Å². The van der Waals surface area contributed by atoms with E-state index < -0.39 is 0 Å². The lowest BCUT2D eigenvalue weighted by Gasteiger charge is -2.34. The summed E-state index contributed by atoms with van der Waals surface area (Å²) in [6.07, 6.45) is 1.07. The fourth-order valence-electron chi connectivity index (χ4n) is 1.20. The number of nitrogens with two attached hydrogens (primary N) is 1. The molecule has 0 radical (unpaired) electrons. The maximum Gasteiger partial charge on any atom is 0.229 e. The highest BCUT2D eigenvalue weighted by Gasteiger charge is 2.25. The fourth-order valence-corrected chi connectivity index (χ4v) is 1.54. The van der Waals surface area contributed by atoms with Crippen molar-refractivity contribution < 1.29 is 4.79 Å². The Morgan fingerprint density at radius 2 is 2.50 bits per heavy atom. The number of carbonyl (C=O) groups excluding carboxylic acids is 1. The van der Waals surface area contributed by atoms with Crippen molar-refractivity contribution in [2.75, 3.05) is 6.54 Å². The predicted octanol–water partition coefficient (Wildman–Crippen LogP) is -0.212. The summed E-state index contributed by atoms with van der Waals surface area (Å²) in [7, 11) is 0.